The lowest BCUT2D eigenvalue weighted by Crippen LogP contribution is -2.36. The van der Waals surface area contributed by atoms with Crippen LogP contribution < -0.4 is 0 Å². The number of allylic oxidation sites excluding steroid dienone is 2. The standard InChI is InChI=1S/C18H26O6/c1-12(9-10-19)7-8-13(11-14(20)22-6)18(5)15(21)23-16(24-18)17(2,3)4/h7,10-11,16H,8-9H2,1-6H3/b12-7-,13-11+/t16-,18-/m1/s1. The van der Waals surface area contributed by atoms with E-state index in [0.29, 0.717) is 5.57 Å². The Kier molecular flexibility index (Phi) is 6.49. The van der Waals surface area contributed by atoms with Crippen molar-refractivity contribution in [2.75, 3.05) is 7.11 Å². The second-order valence-electron chi connectivity index (χ2n) is 7.07. The molecule has 6 heteroatoms. The molecule has 1 aliphatic rings. The molecule has 1 fully saturated rings. The van der Waals surface area contributed by atoms with Crippen LogP contribution >= 0.6 is 0 Å². The molecule has 1 rings (SSSR count). The van der Waals surface area contributed by atoms with Crippen molar-refractivity contribution in [1.29, 1.82) is 0 Å². The van der Waals surface area contributed by atoms with E-state index in [-0.39, 0.29) is 12.8 Å². The largest absolute Gasteiger partial charge is 0.466 e. The van der Waals surface area contributed by atoms with Crippen molar-refractivity contribution in [2.24, 2.45) is 5.41 Å². The number of ether oxygens (including phenoxy) is 3. The van der Waals surface area contributed by atoms with E-state index in [0.717, 1.165) is 11.9 Å². The molecule has 1 saturated heterocycles. The first kappa shape index (κ1) is 20.1. The molecule has 0 aromatic carbocycles. The third kappa shape index (κ3) is 4.77. The second kappa shape index (κ2) is 7.75. The highest BCUT2D eigenvalue weighted by molar-refractivity contribution is 5.89. The van der Waals surface area contributed by atoms with Crippen LogP contribution in [0.25, 0.3) is 0 Å². The van der Waals surface area contributed by atoms with Crippen molar-refractivity contribution >= 4 is 18.2 Å². The molecule has 24 heavy (non-hydrogen) atoms. The van der Waals surface area contributed by atoms with Gasteiger partial charge in [-0.2, -0.15) is 0 Å². The summed E-state index contributed by atoms with van der Waals surface area (Å²) in [7, 11) is 1.26. The number of hydrogen-bond donors (Lipinski definition) is 0. The van der Waals surface area contributed by atoms with Gasteiger partial charge in [-0.3, -0.25) is 0 Å². The van der Waals surface area contributed by atoms with E-state index in [1.54, 1.807) is 19.9 Å². The Morgan fingerprint density at radius 2 is 1.96 bits per heavy atom. The minimum absolute atomic E-state index is 0.275. The number of methoxy groups -OCH3 is 1. The summed E-state index contributed by atoms with van der Waals surface area (Å²) in [6.45, 7) is 9.08. The molecule has 0 aromatic rings. The lowest BCUT2D eigenvalue weighted by molar-refractivity contribution is -0.155. The van der Waals surface area contributed by atoms with Gasteiger partial charge < -0.3 is 19.0 Å². The predicted molar refractivity (Wildman–Crippen MR) is 88.0 cm³/mol. The fourth-order valence-corrected chi connectivity index (χ4v) is 2.15. The average molecular weight is 338 g/mol. The van der Waals surface area contributed by atoms with Crippen molar-refractivity contribution < 1.29 is 28.6 Å². The highest BCUT2D eigenvalue weighted by atomic mass is 16.8. The Balaban J connectivity index is 3.16. The second-order valence-corrected chi connectivity index (χ2v) is 7.07. The molecule has 0 amide bonds. The lowest BCUT2D eigenvalue weighted by Gasteiger charge is -2.27. The van der Waals surface area contributed by atoms with Crippen molar-refractivity contribution in [3.63, 3.8) is 0 Å². The van der Waals surface area contributed by atoms with Gasteiger partial charge in [0.25, 0.3) is 0 Å². The van der Waals surface area contributed by atoms with Crippen LogP contribution in [-0.4, -0.2) is 37.2 Å². The quantitative estimate of drug-likeness (QED) is 0.321. The van der Waals surface area contributed by atoms with Crippen molar-refractivity contribution in [1.82, 2.24) is 0 Å². The van der Waals surface area contributed by atoms with Gasteiger partial charge in [0.1, 0.15) is 6.29 Å². The van der Waals surface area contributed by atoms with Crippen LogP contribution in [0.3, 0.4) is 0 Å². The monoisotopic (exact) mass is 338 g/mol. The minimum atomic E-state index is -1.37. The summed E-state index contributed by atoms with van der Waals surface area (Å²) in [6, 6.07) is 0. The molecule has 0 N–H and O–H groups in total. The summed E-state index contributed by atoms with van der Waals surface area (Å²) >= 11 is 0. The molecule has 1 heterocycles. The molecule has 2 atom stereocenters. The number of hydrogen-bond acceptors (Lipinski definition) is 6. The first-order valence-corrected chi connectivity index (χ1v) is 7.81. The molecule has 0 bridgehead atoms. The van der Waals surface area contributed by atoms with E-state index in [1.165, 1.54) is 13.2 Å². The van der Waals surface area contributed by atoms with Crippen LogP contribution in [0.4, 0.5) is 0 Å². The summed E-state index contributed by atoms with van der Waals surface area (Å²) in [5, 5.41) is 0. The molecule has 6 nitrogen and oxygen atoms in total. The van der Waals surface area contributed by atoms with Gasteiger partial charge in [0.2, 0.25) is 6.29 Å². The normalized spacial score (nSPS) is 25.4. The molecule has 0 unspecified atom stereocenters. The topological polar surface area (TPSA) is 78.9 Å². The van der Waals surface area contributed by atoms with E-state index in [9.17, 15) is 14.4 Å². The SMILES string of the molecule is COC(=O)/C=C(\C/C=C(/C)CC=O)[C@@]1(C)O[C@H](C(C)(C)C)OC1=O. The molecule has 0 radical (unpaired) electrons. The Bertz CT molecular complexity index is 567. The van der Waals surface area contributed by atoms with Crippen LogP contribution in [0.1, 0.15) is 47.5 Å². The summed E-state index contributed by atoms with van der Waals surface area (Å²) in [6.07, 6.45) is 3.69. The average Bonchev–Trinajstić information content (AvgIpc) is 2.80. The fourth-order valence-electron chi connectivity index (χ4n) is 2.15. The number of esters is 2. The summed E-state index contributed by atoms with van der Waals surface area (Å²) in [5.74, 6) is -1.12. The van der Waals surface area contributed by atoms with Gasteiger partial charge >= 0.3 is 11.9 Å². The molecule has 0 saturated carbocycles. The van der Waals surface area contributed by atoms with Gasteiger partial charge in [0, 0.05) is 17.9 Å². The van der Waals surface area contributed by atoms with Crippen molar-refractivity contribution in [3.8, 4) is 0 Å². The zero-order valence-corrected chi connectivity index (χ0v) is 15.2. The maximum atomic E-state index is 12.4. The van der Waals surface area contributed by atoms with Crippen LogP contribution in [0.5, 0.6) is 0 Å². The minimum Gasteiger partial charge on any atom is -0.466 e. The Labute approximate surface area is 142 Å². The summed E-state index contributed by atoms with van der Waals surface area (Å²) in [5.41, 5.74) is -0.503. The molecular weight excluding hydrogens is 312 g/mol. The maximum absolute atomic E-state index is 12.4. The van der Waals surface area contributed by atoms with E-state index in [4.69, 9.17) is 9.47 Å². The van der Waals surface area contributed by atoms with Crippen LogP contribution in [0.15, 0.2) is 23.3 Å². The maximum Gasteiger partial charge on any atom is 0.344 e. The molecule has 1 aliphatic heterocycles. The van der Waals surface area contributed by atoms with Crippen molar-refractivity contribution in [2.45, 2.75) is 59.4 Å². The predicted octanol–water partition coefficient (Wildman–Crippen LogP) is 2.72. The summed E-state index contributed by atoms with van der Waals surface area (Å²) < 4.78 is 15.9. The van der Waals surface area contributed by atoms with Gasteiger partial charge in [-0.25, -0.2) is 9.59 Å². The summed E-state index contributed by atoms with van der Waals surface area (Å²) in [4.78, 5) is 34.7. The van der Waals surface area contributed by atoms with Gasteiger partial charge in [-0.15, -0.1) is 0 Å². The highest BCUT2D eigenvalue weighted by Crippen LogP contribution is 2.39. The van der Waals surface area contributed by atoms with Gasteiger partial charge in [-0.1, -0.05) is 32.4 Å². The van der Waals surface area contributed by atoms with E-state index < -0.39 is 29.2 Å². The molecule has 0 aliphatic carbocycles. The number of rotatable bonds is 6. The molecule has 0 aromatic heterocycles. The van der Waals surface area contributed by atoms with E-state index in [1.807, 2.05) is 20.8 Å². The Hall–Kier alpha value is -1.95. The smallest absolute Gasteiger partial charge is 0.344 e. The van der Waals surface area contributed by atoms with Gasteiger partial charge in [0.15, 0.2) is 5.60 Å². The first-order valence-electron chi connectivity index (χ1n) is 7.81. The van der Waals surface area contributed by atoms with Crippen LogP contribution in [0, 0.1) is 5.41 Å². The first-order chi connectivity index (χ1) is 11.0. The zero-order chi connectivity index (χ0) is 18.5. The van der Waals surface area contributed by atoms with Crippen LogP contribution in [-0.2, 0) is 28.6 Å². The zero-order valence-electron chi connectivity index (χ0n) is 15.2. The van der Waals surface area contributed by atoms with Crippen molar-refractivity contribution in [3.05, 3.63) is 23.3 Å². The molecule has 134 valence electrons. The van der Waals surface area contributed by atoms with Gasteiger partial charge in [-0.05, 0) is 25.8 Å². The Morgan fingerprint density at radius 1 is 1.33 bits per heavy atom. The number of carbonyl (C=O) groups is 3. The molecular formula is C18H26O6. The number of cyclic esters (lactones) is 1. The van der Waals surface area contributed by atoms with Gasteiger partial charge in [0.05, 0.1) is 7.11 Å². The lowest BCUT2D eigenvalue weighted by atomic mass is 9.91. The van der Waals surface area contributed by atoms with E-state index >= 15 is 0 Å². The molecule has 0 spiro atoms. The number of carbonyl (C=O) groups excluding carboxylic acids is 3. The Morgan fingerprint density at radius 3 is 2.42 bits per heavy atom. The third-order valence-corrected chi connectivity index (χ3v) is 3.84. The third-order valence-electron chi connectivity index (χ3n) is 3.84. The fraction of sp³-hybridized carbons (Fsp3) is 0.611. The van der Waals surface area contributed by atoms with E-state index in [2.05, 4.69) is 4.74 Å². The van der Waals surface area contributed by atoms with Crippen LogP contribution in [0.2, 0.25) is 0 Å². The number of aldehydes is 1. The highest BCUT2D eigenvalue weighted by Gasteiger charge is 2.52.